The third kappa shape index (κ3) is 3.93. The molecule has 23 heavy (non-hydrogen) atoms. The van der Waals surface area contributed by atoms with E-state index < -0.39 is 11.7 Å². The van der Waals surface area contributed by atoms with Gasteiger partial charge in [0.05, 0.1) is 5.56 Å². The molecule has 1 aliphatic carbocycles. The van der Waals surface area contributed by atoms with Gasteiger partial charge >= 0.3 is 6.18 Å². The number of carbonyl (C=O) groups is 1. The van der Waals surface area contributed by atoms with E-state index >= 15 is 0 Å². The zero-order chi connectivity index (χ0) is 16.4. The quantitative estimate of drug-likeness (QED) is 0.868. The fourth-order valence-corrected chi connectivity index (χ4v) is 3.38. The summed E-state index contributed by atoms with van der Waals surface area (Å²) in [4.78, 5) is 13.3. The Bertz CT molecular complexity index is 664. The maximum Gasteiger partial charge on any atom is 0.416 e. The Balaban J connectivity index is 1.49. The molecule has 2 nitrogen and oxygen atoms in total. The van der Waals surface area contributed by atoms with E-state index in [0.717, 1.165) is 24.1 Å². The van der Waals surface area contributed by atoms with Crippen molar-refractivity contribution in [3.05, 3.63) is 57.8 Å². The minimum atomic E-state index is -4.32. The number of thiophene rings is 1. The summed E-state index contributed by atoms with van der Waals surface area (Å²) in [5, 5.41) is 4.90. The van der Waals surface area contributed by atoms with Crippen molar-refractivity contribution >= 4 is 17.2 Å². The van der Waals surface area contributed by atoms with E-state index in [9.17, 15) is 18.0 Å². The van der Waals surface area contributed by atoms with E-state index in [1.807, 2.05) is 17.5 Å². The summed E-state index contributed by atoms with van der Waals surface area (Å²) < 4.78 is 37.6. The van der Waals surface area contributed by atoms with Crippen LogP contribution >= 0.6 is 11.3 Å². The highest BCUT2D eigenvalue weighted by Crippen LogP contribution is 2.47. The third-order valence-corrected chi connectivity index (χ3v) is 4.98. The minimum absolute atomic E-state index is 0.00791. The van der Waals surface area contributed by atoms with Crippen molar-refractivity contribution in [2.45, 2.75) is 24.9 Å². The van der Waals surface area contributed by atoms with Crippen LogP contribution in [0.5, 0.6) is 0 Å². The summed E-state index contributed by atoms with van der Waals surface area (Å²) >= 11 is 1.66. The molecule has 122 valence electrons. The molecule has 0 spiro atoms. The summed E-state index contributed by atoms with van der Waals surface area (Å²) in [5.41, 5.74) is 0.148. The van der Waals surface area contributed by atoms with Crippen LogP contribution in [0.2, 0.25) is 0 Å². The number of hydrogen-bond acceptors (Lipinski definition) is 2. The van der Waals surface area contributed by atoms with Crippen molar-refractivity contribution in [3.8, 4) is 0 Å². The van der Waals surface area contributed by atoms with Gasteiger partial charge in [-0.05, 0) is 47.9 Å². The largest absolute Gasteiger partial charge is 0.416 e. The molecule has 1 aromatic heterocycles. The number of rotatable bonds is 5. The number of halogens is 3. The van der Waals surface area contributed by atoms with Crippen LogP contribution in [-0.2, 0) is 17.4 Å². The fourth-order valence-electron chi connectivity index (χ4n) is 2.67. The highest BCUT2D eigenvalue weighted by molar-refractivity contribution is 7.09. The van der Waals surface area contributed by atoms with Gasteiger partial charge in [-0.15, -0.1) is 11.3 Å². The molecule has 1 amide bonds. The van der Waals surface area contributed by atoms with E-state index in [1.54, 1.807) is 11.3 Å². The first-order valence-electron chi connectivity index (χ1n) is 7.42. The first kappa shape index (κ1) is 16.1. The van der Waals surface area contributed by atoms with Crippen LogP contribution < -0.4 is 5.32 Å². The molecule has 1 fully saturated rings. The number of carbonyl (C=O) groups excluding carboxylic acids is 1. The van der Waals surface area contributed by atoms with Crippen molar-refractivity contribution in [2.75, 3.05) is 6.54 Å². The lowest BCUT2D eigenvalue weighted by Crippen LogP contribution is -2.27. The predicted molar refractivity (Wildman–Crippen MR) is 83.3 cm³/mol. The second-order valence-electron chi connectivity index (χ2n) is 5.69. The molecular weight excluding hydrogens is 323 g/mol. The number of amides is 1. The van der Waals surface area contributed by atoms with Gasteiger partial charge in [0.15, 0.2) is 0 Å². The van der Waals surface area contributed by atoms with Crippen LogP contribution in [0.3, 0.4) is 0 Å². The molecule has 1 aliphatic rings. The Morgan fingerprint density at radius 1 is 1.22 bits per heavy atom. The molecule has 0 bridgehead atoms. The third-order valence-electron chi connectivity index (χ3n) is 4.04. The molecule has 1 aromatic carbocycles. The Labute approximate surface area is 136 Å². The number of hydrogen-bond donors (Lipinski definition) is 1. The summed E-state index contributed by atoms with van der Waals surface area (Å²) in [5.74, 6) is -0.0828. The van der Waals surface area contributed by atoms with Gasteiger partial charge in [-0.25, -0.2) is 0 Å². The van der Waals surface area contributed by atoms with E-state index in [0.29, 0.717) is 13.0 Å². The molecule has 2 unspecified atom stereocenters. The van der Waals surface area contributed by atoms with Crippen LogP contribution in [0, 0.1) is 5.92 Å². The lowest BCUT2D eigenvalue weighted by molar-refractivity contribution is -0.137. The van der Waals surface area contributed by atoms with E-state index in [2.05, 4.69) is 5.32 Å². The Hall–Kier alpha value is -1.82. The van der Waals surface area contributed by atoms with Gasteiger partial charge < -0.3 is 5.32 Å². The van der Waals surface area contributed by atoms with Crippen molar-refractivity contribution in [3.63, 3.8) is 0 Å². The van der Waals surface area contributed by atoms with Crippen molar-refractivity contribution in [1.29, 1.82) is 0 Å². The van der Waals surface area contributed by atoms with Gasteiger partial charge in [0.1, 0.15) is 0 Å². The molecule has 1 N–H and O–H groups in total. The van der Waals surface area contributed by atoms with E-state index in [-0.39, 0.29) is 17.7 Å². The smallest absolute Gasteiger partial charge is 0.355 e. The Kier molecular flexibility index (Phi) is 4.43. The number of alkyl halides is 3. The summed E-state index contributed by atoms with van der Waals surface area (Å²) in [6.45, 7) is 0.593. The van der Waals surface area contributed by atoms with Crippen molar-refractivity contribution in [2.24, 2.45) is 5.92 Å². The highest BCUT2D eigenvalue weighted by Gasteiger charge is 2.44. The molecule has 0 radical (unpaired) electrons. The van der Waals surface area contributed by atoms with Gasteiger partial charge in [0, 0.05) is 17.3 Å². The monoisotopic (exact) mass is 339 g/mol. The molecule has 2 atom stereocenters. The van der Waals surface area contributed by atoms with E-state index in [1.165, 1.54) is 17.0 Å². The van der Waals surface area contributed by atoms with Crippen LogP contribution in [0.15, 0.2) is 41.8 Å². The Morgan fingerprint density at radius 3 is 2.57 bits per heavy atom. The van der Waals surface area contributed by atoms with Crippen LogP contribution in [-0.4, -0.2) is 12.5 Å². The number of benzene rings is 1. The summed E-state index contributed by atoms with van der Waals surface area (Å²) in [7, 11) is 0. The summed E-state index contributed by atoms with van der Waals surface area (Å²) in [6.07, 6.45) is -2.81. The van der Waals surface area contributed by atoms with Crippen LogP contribution in [0.4, 0.5) is 13.2 Å². The molecule has 6 heteroatoms. The molecule has 1 saturated carbocycles. The van der Waals surface area contributed by atoms with Crippen molar-refractivity contribution in [1.82, 2.24) is 5.32 Å². The highest BCUT2D eigenvalue weighted by atomic mass is 32.1. The average Bonchev–Trinajstić information content (AvgIpc) is 3.15. The standard InChI is InChI=1S/C17H16F3NOS/c18-17(19,20)12-5-3-11(4-6-12)14-10-15(14)16(22)21-8-7-13-2-1-9-23-13/h1-6,9,14-15H,7-8,10H2,(H,21,22). The lowest BCUT2D eigenvalue weighted by Gasteiger charge is -2.08. The fraction of sp³-hybridized carbons (Fsp3) is 0.353. The molecule has 0 aliphatic heterocycles. The SMILES string of the molecule is O=C(NCCc1cccs1)C1CC1c1ccc(C(F)(F)F)cc1. The number of nitrogens with one attached hydrogen (secondary N) is 1. The first-order valence-corrected chi connectivity index (χ1v) is 8.30. The Morgan fingerprint density at radius 2 is 1.96 bits per heavy atom. The minimum Gasteiger partial charge on any atom is -0.355 e. The van der Waals surface area contributed by atoms with Crippen molar-refractivity contribution < 1.29 is 18.0 Å². The first-order chi connectivity index (χ1) is 10.9. The maximum atomic E-state index is 12.5. The summed E-state index contributed by atoms with van der Waals surface area (Å²) in [6, 6.07) is 9.12. The second kappa shape index (κ2) is 6.35. The second-order valence-corrected chi connectivity index (χ2v) is 6.72. The van der Waals surface area contributed by atoms with Crippen LogP contribution in [0.1, 0.15) is 28.3 Å². The molecule has 3 rings (SSSR count). The molecular formula is C17H16F3NOS. The predicted octanol–water partition coefficient (Wildman–Crippen LogP) is 4.23. The maximum absolute atomic E-state index is 12.5. The van der Waals surface area contributed by atoms with Gasteiger partial charge in [-0.3, -0.25) is 4.79 Å². The van der Waals surface area contributed by atoms with Crippen LogP contribution in [0.25, 0.3) is 0 Å². The topological polar surface area (TPSA) is 29.1 Å². The molecule has 0 saturated heterocycles. The van der Waals surface area contributed by atoms with E-state index in [4.69, 9.17) is 0 Å². The van der Waals surface area contributed by atoms with Gasteiger partial charge in [0.2, 0.25) is 5.91 Å². The lowest BCUT2D eigenvalue weighted by atomic mass is 10.1. The zero-order valence-electron chi connectivity index (χ0n) is 12.3. The van der Waals surface area contributed by atoms with Gasteiger partial charge in [-0.1, -0.05) is 18.2 Å². The molecule has 1 heterocycles. The van der Waals surface area contributed by atoms with Gasteiger partial charge in [0.25, 0.3) is 0 Å². The molecule has 2 aromatic rings. The average molecular weight is 339 g/mol. The van der Waals surface area contributed by atoms with Gasteiger partial charge in [-0.2, -0.15) is 13.2 Å². The zero-order valence-corrected chi connectivity index (χ0v) is 13.1. The normalized spacial score (nSPS) is 20.3.